The molecule has 0 aliphatic carbocycles. The summed E-state index contributed by atoms with van der Waals surface area (Å²) in [4.78, 5) is 23.8. The lowest BCUT2D eigenvalue weighted by Crippen LogP contribution is -2.29. The SMILES string of the molecule is O=C(CNC(=O)c1ccc(Br)cc1Cl)c1ccccc1. The Bertz CT molecular complexity index is 644. The summed E-state index contributed by atoms with van der Waals surface area (Å²) in [6.45, 7) is -0.0603. The summed E-state index contributed by atoms with van der Waals surface area (Å²) in [7, 11) is 0. The summed E-state index contributed by atoms with van der Waals surface area (Å²) >= 11 is 9.25. The molecule has 102 valence electrons. The molecule has 20 heavy (non-hydrogen) atoms. The summed E-state index contributed by atoms with van der Waals surface area (Å²) in [5.41, 5.74) is 0.908. The number of carbonyl (C=O) groups excluding carboxylic acids is 2. The Morgan fingerprint density at radius 2 is 1.80 bits per heavy atom. The maximum Gasteiger partial charge on any atom is 0.253 e. The van der Waals surface area contributed by atoms with Gasteiger partial charge in [-0.2, -0.15) is 0 Å². The van der Waals surface area contributed by atoms with Gasteiger partial charge in [0.1, 0.15) is 0 Å². The van der Waals surface area contributed by atoms with Crippen molar-refractivity contribution in [1.29, 1.82) is 0 Å². The van der Waals surface area contributed by atoms with Gasteiger partial charge in [-0.05, 0) is 18.2 Å². The van der Waals surface area contributed by atoms with Crippen LogP contribution in [0.5, 0.6) is 0 Å². The molecular formula is C15H11BrClNO2. The van der Waals surface area contributed by atoms with Gasteiger partial charge < -0.3 is 5.32 Å². The van der Waals surface area contributed by atoms with E-state index in [0.29, 0.717) is 16.1 Å². The molecule has 0 aliphatic heterocycles. The minimum Gasteiger partial charge on any atom is -0.345 e. The van der Waals surface area contributed by atoms with Crippen LogP contribution in [0.1, 0.15) is 20.7 Å². The molecule has 2 aromatic rings. The van der Waals surface area contributed by atoms with Gasteiger partial charge in [-0.3, -0.25) is 9.59 Å². The highest BCUT2D eigenvalue weighted by Gasteiger charge is 2.12. The molecule has 2 rings (SSSR count). The Kier molecular flexibility index (Phi) is 4.93. The van der Waals surface area contributed by atoms with Crippen molar-refractivity contribution in [3.05, 3.63) is 69.2 Å². The van der Waals surface area contributed by atoms with Crippen LogP contribution >= 0.6 is 27.5 Å². The number of hydrogen-bond acceptors (Lipinski definition) is 2. The van der Waals surface area contributed by atoms with Crippen molar-refractivity contribution in [2.75, 3.05) is 6.54 Å². The molecular weight excluding hydrogens is 342 g/mol. The van der Waals surface area contributed by atoms with Gasteiger partial charge in [0.2, 0.25) is 0 Å². The van der Waals surface area contributed by atoms with Crippen molar-refractivity contribution < 1.29 is 9.59 Å². The normalized spacial score (nSPS) is 10.1. The number of halogens is 2. The molecule has 0 radical (unpaired) electrons. The lowest BCUT2D eigenvalue weighted by Gasteiger charge is -2.06. The number of hydrogen-bond donors (Lipinski definition) is 1. The molecule has 0 atom stereocenters. The molecule has 0 aliphatic rings. The average Bonchev–Trinajstić information content (AvgIpc) is 2.45. The second-order valence-electron chi connectivity index (χ2n) is 4.10. The van der Waals surface area contributed by atoms with E-state index >= 15 is 0 Å². The molecule has 0 fully saturated rings. The van der Waals surface area contributed by atoms with E-state index in [9.17, 15) is 9.59 Å². The minimum atomic E-state index is -0.369. The molecule has 0 spiro atoms. The first-order valence-electron chi connectivity index (χ1n) is 5.89. The lowest BCUT2D eigenvalue weighted by atomic mass is 10.1. The first kappa shape index (κ1) is 14.8. The second kappa shape index (κ2) is 6.68. The van der Waals surface area contributed by atoms with Crippen molar-refractivity contribution in [2.45, 2.75) is 0 Å². The first-order chi connectivity index (χ1) is 9.58. The summed E-state index contributed by atoms with van der Waals surface area (Å²) in [5, 5.41) is 2.91. The molecule has 1 N–H and O–H groups in total. The molecule has 0 unspecified atom stereocenters. The Hall–Kier alpha value is -1.65. The van der Waals surface area contributed by atoms with Crippen molar-refractivity contribution in [3.8, 4) is 0 Å². The number of carbonyl (C=O) groups is 2. The Labute approximate surface area is 130 Å². The van der Waals surface area contributed by atoms with Gasteiger partial charge in [-0.25, -0.2) is 0 Å². The van der Waals surface area contributed by atoms with Crippen LogP contribution in [0.3, 0.4) is 0 Å². The Morgan fingerprint density at radius 1 is 1.10 bits per heavy atom. The van der Waals surface area contributed by atoms with Gasteiger partial charge in [0.05, 0.1) is 17.1 Å². The molecule has 0 saturated heterocycles. The van der Waals surface area contributed by atoms with Gasteiger partial charge in [-0.1, -0.05) is 57.9 Å². The fourth-order valence-electron chi connectivity index (χ4n) is 1.66. The van der Waals surface area contributed by atoms with Crippen molar-refractivity contribution in [1.82, 2.24) is 5.32 Å². The highest BCUT2D eigenvalue weighted by molar-refractivity contribution is 9.10. The molecule has 0 saturated carbocycles. The summed E-state index contributed by atoms with van der Waals surface area (Å²) in [6, 6.07) is 13.8. The van der Waals surface area contributed by atoms with Crippen LogP contribution in [0.15, 0.2) is 53.0 Å². The maximum atomic E-state index is 11.9. The third kappa shape index (κ3) is 3.68. The van der Waals surface area contributed by atoms with Gasteiger partial charge in [0, 0.05) is 10.0 Å². The third-order valence-electron chi connectivity index (χ3n) is 2.68. The van der Waals surface area contributed by atoms with E-state index in [2.05, 4.69) is 21.2 Å². The van der Waals surface area contributed by atoms with E-state index in [-0.39, 0.29) is 18.2 Å². The lowest BCUT2D eigenvalue weighted by molar-refractivity contribution is 0.0904. The van der Waals surface area contributed by atoms with E-state index in [1.54, 1.807) is 42.5 Å². The van der Waals surface area contributed by atoms with Gasteiger partial charge >= 0.3 is 0 Å². The Balaban J connectivity index is 2.00. The molecule has 0 heterocycles. The fourth-order valence-corrected chi connectivity index (χ4v) is 2.41. The largest absolute Gasteiger partial charge is 0.345 e. The molecule has 3 nitrogen and oxygen atoms in total. The van der Waals surface area contributed by atoms with Crippen LogP contribution in [-0.2, 0) is 0 Å². The molecule has 1 amide bonds. The standard InChI is InChI=1S/C15H11BrClNO2/c16-11-6-7-12(13(17)8-11)15(20)18-9-14(19)10-4-2-1-3-5-10/h1-8H,9H2,(H,18,20). The van der Waals surface area contributed by atoms with E-state index in [1.165, 1.54) is 0 Å². The number of amides is 1. The van der Waals surface area contributed by atoms with Crippen molar-refractivity contribution in [3.63, 3.8) is 0 Å². The molecule has 2 aromatic carbocycles. The van der Waals surface area contributed by atoms with Crippen LogP contribution in [0.4, 0.5) is 0 Å². The molecule has 0 aromatic heterocycles. The van der Waals surface area contributed by atoms with Crippen LogP contribution in [0, 0.1) is 0 Å². The summed E-state index contributed by atoms with van der Waals surface area (Å²) < 4.78 is 0.791. The smallest absolute Gasteiger partial charge is 0.253 e. The number of Topliss-reactive ketones (excluding diaryl/α,β-unsaturated/α-hetero) is 1. The van der Waals surface area contributed by atoms with E-state index in [1.807, 2.05) is 6.07 Å². The average molecular weight is 353 g/mol. The molecule has 0 bridgehead atoms. The summed E-state index contributed by atoms with van der Waals surface area (Å²) in [6.07, 6.45) is 0. The first-order valence-corrected chi connectivity index (χ1v) is 7.06. The van der Waals surface area contributed by atoms with Crippen LogP contribution in [-0.4, -0.2) is 18.2 Å². The van der Waals surface area contributed by atoms with Gasteiger partial charge in [0.25, 0.3) is 5.91 Å². The van der Waals surface area contributed by atoms with Crippen LogP contribution in [0.2, 0.25) is 5.02 Å². The highest BCUT2D eigenvalue weighted by atomic mass is 79.9. The second-order valence-corrected chi connectivity index (χ2v) is 5.42. The van der Waals surface area contributed by atoms with Crippen LogP contribution < -0.4 is 5.32 Å². The zero-order valence-corrected chi connectivity index (χ0v) is 12.7. The number of ketones is 1. The third-order valence-corrected chi connectivity index (χ3v) is 3.49. The van der Waals surface area contributed by atoms with Crippen LogP contribution in [0.25, 0.3) is 0 Å². The predicted molar refractivity (Wildman–Crippen MR) is 82.3 cm³/mol. The monoisotopic (exact) mass is 351 g/mol. The van der Waals surface area contributed by atoms with E-state index in [4.69, 9.17) is 11.6 Å². The molecule has 5 heteroatoms. The summed E-state index contributed by atoms with van der Waals surface area (Å²) in [5.74, 6) is -0.515. The maximum absolute atomic E-state index is 11.9. The number of benzene rings is 2. The number of nitrogens with one attached hydrogen (secondary N) is 1. The Morgan fingerprint density at radius 3 is 2.45 bits per heavy atom. The van der Waals surface area contributed by atoms with Crippen molar-refractivity contribution in [2.24, 2.45) is 0 Å². The minimum absolute atomic E-state index is 0.0603. The highest BCUT2D eigenvalue weighted by Crippen LogP contribution is 2.21. The zero-order valence-electron chi connectivity index (χ0n) is 10.4. The van der Waals surface area contributed by atoms with E-state index < -0.39 is 0 Å². The predicted octanol–water partition coefficient (Wildman–Crippen LogP) is 3.72. The topological polar surface area (TPSA) is 46.2 Å². The fraction of sp³-hybridized carbons (Fsp3) is 0.0667. The van der Waals surface area contributed by atoms with Gasteiger partial charge in [0.15, 0.2) is 5.78 Å². The quantitative estimate of drug-likeness (QED) is 0.853. The van der Waals surface area contributed by atoms with Crippen molar-refractivity contribution >= 4 is 39.2 Å². The van der Waals surface area contributed by atoms with Gasteiger partial charge in [-0.15, -0.1) is 0 Å². The zero-order chi connectivity index (χ0) is 14.5. The number of rotatable bonds is 4. The van der Waals surface area contributed by atoms with E-state index in [0.717, 1.165) is 4.47 Å².